The van der Waals surface area contributed by atoms with Crippen LogP contribution in [0.5, 0.6) is 5.75 Å². The second-order valence-electron chi connectivity index (χ2n) is 4.04. The first-order valence-corrected chi connectivity index (χ1v) is 7.33. The molecule has 0 aliphatic rings. The molecule has 0 spiro atoms. The van der Waals surface area contributed by atoms with Crippen molar-refractivity contribution in [2.45, 2.75) is 12.5 Å². The van der Waals surface area contributed by atoms with Crippen molar-refractivity contribution in [2.75, 3.05) is 12.9 Å². The van der Waals surface area contributed by atoms with Crippen molar-refractivity contribution in [3.63, 3.8) is 0 Å². The number of nitrogens with two attached hydrogens (primary N) is 1. The summed E-state index contributed by atoms with van der Waals surface area (Å²) in [5.74, 6) is -1.80. The fraction of sp³-hybridized carbons (Fsp3) is 0.333. The first-order chi connectivity index (χ1) is 9.29. The minimum absolute atomic E-state index is 0.0844. The van der Waals surface area contributed by atoms with Gasteiger partial charge in [0.05, 0.1) is 18.4 Å². The van der Waals surface area contributed by atoms with Crippen molar-refractivity contribution in [1.29, 1.82) is 0 Å². The predicted molar refractivity (Wildman–Crippen MR) is 71.3 cm³/mol. The average Bonchev–Trinajstić information content (AvgIpc) is 2.43. The van der Waals surface area contributed by atoms with Crippen molar-refractivity contribution < 1.29 is 27.9 Å². The number of benzene rings is 1. The molecule has 0 amide bonds. The van der Waals surface area contributed by atoms with Gasteiger partial charge in [-0.25, -0.2) is 8.42 Å². The molecule has 7 nitrogen and oxygen atoms in total. The molecule has 0 aromatic heterocycles. The van der Waals surface area contributed by atoms with Gasteiger partial charge in [-0.05, 0) is 18.6 Å². The van der Waals surface area contributed by atoms with E-state index in [0.29, 0.717) is 0 Å². The Labute approximate surface area is 116 Å². The third kappa shape index (κ3) is 3.78. The van der Waals surface area contributed by atoms with Crippen molar-refractivity contribution in [1.82, 2.24) is 0 Å². The highest BCUT2D eigenvalue weighted by Crippen LogP contribution is 2.20. The Bertz CT molecular complexity index is 610. The largest absolute Gasteiger partial charge is 0.496 e. The first-order valence-electron chi connectivity index (χ1n) is 5.68. The highest BCUT2D eigenvalue weighted by atomic mass is 32.2. The van der Waals surface area contributed by atoms with Gasteiger partial charge < -0.3 is 15.6 Å². The van der Waals surface area contributed by atoms with Gasteiger partial charge in [-0.1, -0.05) is 12.1 Å². The SMILES string of the molecule is COc1ccccc1C(=O)S(=O)(=O)CCC(N)C(=O)O. The van der Waals surface area contributed by atoms with E-state index < -0.39 is 32.7 Å². The van der Waals surface area contributed by atoms with Crippen LogP contribution in [0.4, 0.5) is 0 Å². The van der Waals surface area contributed by atoms with Gasteiger partial charge in [-0.2, -0.15) is 0 Å². The molecule has 0 fully saturated rings. The zero-order valence-electron chi connectivity index (χ0n) is 10.8. The van der Waals surface area contributed by atoms with Crippen LogP contribution in [0.2, 0.25) is 0 Å². The summed E-state index contributed by atoms with van der Waals surface area (Å²) in [6.45, 7) is 0. The molecule has 0 radical (unpaired) electrons. The van der Waals surface area contributed by atoms with Crippen LogP contribution in [0, 0.1) is 0 Å². The number of ether oxygens (including phenoxy) is 1. The molecule has 8 heteroatoms. The van der Waals surface area contributed by atoms with Gasteiger partial charge in [0.1, 0.15) is 11.8 Å². The maximum atomic E-state index is 12.0. The molecule has 0 aliphatic carbocycles. The molecule has 0 saturated heterocycles. The fourth-order valence-electron chi connectivity index (χ4n) is 1.48. The fourth-order valence-corrected chi connectivity index (χ4v) is 2.73. The quantitative estimate of drug-likeness (QED) is 0.760. The zero-order chi connectivity index (χ0) is 15.3. The maximum Gasteiger partial charge on any atom is 0.320 e. The van der Waals surface area contributed by atoms with Gasteiger partial charge in [0.25, 0.3) is 5.12 Å². The number of carboxylic acids is 1. The Hall–Kier alpha value is -1.93. The Balaban J connectivity index is 2.92. The molecular formula is C12H15NO6S. The van der Waals surface area contributed by atoms with Crippen LogP contribution in [0.25, 0.3) is 0 Å². The van der Waals surface area contributed by atoms with Gasteiger partial charge >= 0.3 is 5.97 Å². The van der Waals surface area contributed by atoms with Gasteiger partial charge in [0.2, 0.25) is 9.84 Å². The molecule has 0 heterocycles. The molecule has 0 aliphatic heterocycles. The summed E-state index contributed by atoms with van der Waals surface area (Å²) in [5, 5.41) is 7.49. The lowest BCUT2D eigenvalue weighted by atomic mass is 10.2. The molecule has 1 unspecified atom stereocenters. The van der Waals surface area contributed by atoms with E-state index in [9.17, 15) is 18.0 Å². The smallest absolute Gasteiger partial charge is 0.320 e. The van der Waals surface area contributed by atoms with E-state index in [1.807, 2.05) is 0 Å². The number of aliphatic carboxylic acids is 1. The highest BCUT2D eigenvalue weighted by molar-refractivity contribution is 8.06. The van der Waals surface area contributed by atoms with Crippen LogP contribution in [0.3, 0.4) is 0 Å². The second kappa shape index (κ2) is 6.49. The van der Waals surface area contributed by atoms with E-state index in [4.69, 9.17) is 15.6 Å². The van der Waals surface area contributed by atoms with Gasteiger partial charge in [0.15, 0.2) is 0 Å². The molecule has 1 aromatic carbocycles. The summed E-state index contributed by atoms with van der Waals surface area (Å²) in [4.78, 5) is 22.5. The number of rotatable bonds is 6. The summed E-state index contributed by atoms with van der Waals surface area (Å²) in [6, 6.07) is 4.58. The third-order valence-corrected chi connectivity index (χ3v) is 4.18. The van der Waals surface area contributed by atoms with Gasteiger partial charge in [-0.15, -0.1) is 0 Å². The molecule has 1 aromatic rings. The van der Waals surface area contributed by atoms with E-state index in [-0.39, 0.29) is 17.7 Å². The van der Waals surface area contributed by atoms with Crippen LogP contribution in [-0.2, 0) is 14.6 Å². The van der Waals surface area contributed by atoms with Crippen molar-refractivity contribution in [3.8, 4) is 5.75 Å². The number of hydrogen-bond donors (Lipinski definition) is 2. The van der Waals surface area contributed by atoms with Gasteiger partial charge in [0, 0.05) is 0 Å². The van der Waals surface area contributed by atoms with Crippen molar-refractivity contribution in [3.05, 3.63) is 29.8 Å². The molecule has 3 N–H and O–H groups in total. The summed E-state index contributed by atoms with van der Waals surface area (Å²) >= 11 is 0. The number of sulfone groups is 1. The molecule has 1 rings (SSSR count). The van der Waals surface area contributed by atoms with Crippen LogP contribution in [-0.4, -0.2) is 43.5 Å². The monoisotopic (exact) mass is 301 g/mol. The number of carbonyl (C=O) groups is 2. The summed E-state index contributed by atoms with van der Waals surface area (Å²) < 4.78 is 28.7. The minimum atomic E-state index is -4.14. The Kier molecular flexibility index (Phi) is 5.23. The van der Waals surface area contributed by atoms with Gasteiger partial charge in [-0.3, -0.25) is 9.59 Å². The third-order valence-electron chi connectivity index (χ3n) is 2.62. The molecule has 1 atom stereocenters. The van der Waals surface area contributed by atoms with E-state index in [1.165, 1.54) is 25.3 Å². The Morgan fingerprint density at radius 1 is 1.35 bits per heavy atom. The summed E-state index contributed by atoms with van der Waals surface area (Å²) in [7, 11) is -2.82. The van der Waals surface area contributed by atoms with Crippen LogP contribution in [0.15, 0.2) is 24.3 Å². The predicted octanol–water partition coefficient (Wildman–Crippen LogP) is 0.0522. The number of hydrogen-bond acceptors (Lipinski definition) is 6. The standard InChI is InChI=1S/C12H15NO6S/c1-19-10-5-3-2-4-8(10)12(16)20(17,18)7-6-9(13)11(14)15/h2-5,9H,6-7,13H2,1H3,(H,14,15). The van der Waals surface area contributed by atoms with E-state index >= 15 is 0 Å². The molecule has 20 heavy (non-hydrogen) atoms. The molecule has 0 saturated carbocycles. The number of para-hydroxylation sites is 1. The maximum absolute atomic E-state index is 12.0. The van der Waals surface area contributed by atoms with Crippen LogP contribution >= 0.6 is 0 Å². The normalized spacial score (nSPS) is 12.7. The van der Waals surface area contributed by atoms with E-state index in [2.05, 4.69) is 0 Å². The molecule has 0 bridgehead atoms. The summed E-state index contributed by atoms with van der Waals surface area (Å²) in [5.41, 5.74) is 5.13. The van der Waals surface area contributed by atoms with Crippen LogP contribution < -0.4 is 10.5 Å². The highest BCUT2D eigenvalue weighted by Gasteiger charge is 2.28. The average molecular weight is 301 g/mol. The number of methoxy groups -OCH3 is 1. The molecule has 110 valence electrons. The minimum Gasteiger partial charge on any atom is -0.496 e. The van der Waals surface area contributed by atoms with E-state index in [0.717, 1.165) is 0 Å². The zero-order valence-corrected chi connectivity index (χ0v) is 11.6. The Morgan fingerprint density at radius 3 is 2.50 bits per heavy atom. The number of carbonyl (C=O) groups excluding carboxylic acids is 1. The van der Waals surface area contributed by atoms with Crippen molar-refractivity contribution >= 4 is 20.9 Å². The Morgan fingerprint density at radius 2 is 1.95 bits per heavy atom. The van der Waals surface area contributed by atoms with Crippen LogP contribution in [0.1, 0.15) is 16.8 Å². The lowest BCUT2D eigenvalue weighted by molar-refractivity contribution is -0.138. The second-order valence-corrected chi connectivity index (χ2v) is 6.05. The summed E-state index contributed by atoms with van der Waals surface area (Å²) in [6.07, 6.45) is -0.335. The topological polar surface area (TPSA) is 124 Å². The van der Waals surface area contributed by atoms with Crippen molar-refractivity contribution in [2.24, 2.45) is 5.73 Å². The first kappa shape index (κ1) is 16.1. The van der Waals surface area contributed by atoms with E-state index in [1.54, 1.807) is 6.07 Å². The lowest BCUT2D eigenvalue weighted by Crippen LogP contribution is -2.33. The number of carboxylic acid groups (broad SMARTS) is 1. The molecular weight excluding hydrogens is 286 g/mol. The lowest BCUT2D eigenvalue weighted by Gasteiger charge is -2.09.